The number of nitrogens with two attached hydrogens (primary N) is 1. The second-order valence-electron chi connectivity index (χ2n) is 3.94. The van der Waals surface area contributed by atoms with E-state index in [-0.39, 0.29) is 11.9 Å². The van der Waals surface area contributed by atoms with Crippen LogP contribution >= 0.6 is 45.5 Å². The number of carbonyl (C=O) groups excluding carboxylic acids is 1. The summed E-state index contributed by atoms with van der Waals surface area (Å²) in [5.41, 5.74) is 6.81. The van der Waals surface area contributed by atoms with Gasteiger partial charge in [0.25, 0.3) is 5.91 Å². The Labute approximate surface area is 133 Å². The van der Waals surface area contributed by atoms with Crippen molar-refractivity contribution >= 4 is 57.1 Å². The summed E-state index contributed by atoms with van der Waals surface area (Å²) in [7, 11) is 0. The van der Waals surface area contributed by atoms with Gasteiger partial charge < -0.3 is 11.1 Å². The Hall–Kier alpha value is -0.700. The van der Waals surface area contributed by atoms with E-state index >= 15 is 0 Å². The molecule has 100 valence electrons. The summed E-state index contributed by atoms with van der Waals surface area (Å²) >= 11 is 9.37. The predicted molar refractivity (Wildman–Crippen MR) is 86.8 cm³/mol. The zero-order valence-electron chi connectivity index (χ0n) is 9.98. The average molecular weight is 408 g/mol. The number of anilines is 1. The first kappa shape index (κ1) is 14.7. The van der Waals surface area contributed by atoms with Gasteiger partial charge in [-0.3, -0.25) is 4.79 Å². The van der Waals surface area contributed by atoms with Gasteiger partial charge in [-0.1, -0.05) is 11.6 Å². The molecule has 0 aliphatic rings. The molecule has 1 aromatic carbocycles. The molecule has 1 amide bonds. The molecule has 0 aliphatic heterocycles. The first-order chi connectivity index (χ1) is 8.97. The standard InChI is InChI=1S/C12H11ClIN3OS/c1-6(15)12-17-10(5-19-12)11(18)16-9-3-2-7(13)4-8(9)14/h2-6H,15H2,1H3,(H,16,18). The number of hydrogen-bond donors (Lipinski definition) is 2. The number of nitrogens with zero attached hydrogens (tertiary/aromatic N) is 1. The lowest BCUT2D eigenvalue weighted by Gasteiger charge is -2.06. The highest BCUT2D eigenvalue weighted by molar-refractivity contribution is 14.1. The Morgan fingerprint density at radius 2 is 2.32 bits per heavy atom. The van der Waals surface area contributed by atoms with Crippen molar-refractivity contribution in [1.82, 2.24) is 4.98 Å². The Bertz CT molecular complexity index is 615. The monoisotopic (exact) mass is 407 g/mol. The summed E-state index contributed by atoms with van der Waals surface area (Å²) in [5.74, 6) is -0.247. The zero-order chi connectivity index (χ0) is 14.0. The molecule has 1 unspecified atom stereocenters. The fraction of sp³-hybridized carbons (Fsp3) is 0.167. The summed E-state index contributed by atoms with van der Waals surface area (Å²) in [6, 6.07) is 5.11. The largest absolute Gasteiger partial charge is 0.322 e. The van der Waals surface area contributed by atoms with Gasteiger partial charge in [-0.15, -0.1) is 11.3 Å². The minimum Gasteiger partial charge on any atom is -0.322 e. The zero-order valence-corrected chi connectivity index (χ0v) is 13.7. The molecule has 1 aromatic heterocycles. The summed E-state index contributed by atoms with van der Waals surface area (Å²) in [5, 5.41) is 5.89. The molecule has 1 heterocycles. The number of rotatable bonds is 3. The van der Waals surface area contributed by atoms with Gasteiger partial charge in [-0.05, 0) is 47.7 Å². The van der Waals surface area contributed by atoms with Crippen molar-refractivity contribution in [1.29, 1.82) is 0 Å². The van der Waals surface area contributed by atoms with Crippen LogP contribution < -0.4 is 11.1 Å². The van der Waals surface area contributed by atoms with E-state index in [9.17, 15) is 4.79 Å². The molecule has 3 N–H and O–H groups in total. The summed E-state index contributed by atoms with van der Waals surface area (Å²) in [6.07, 6.45) is 0. The van der Waals surface area contributed by atoms with Gasteiger partial charge in [-0.25, -0.2) is 4.98 Å². The molecule has 0 spiro atoms. The van der Waals surface area contributed by atoms with Crippen molar-refractivity contribution in [2.45, 2.75) is 13.0 Å². The molecule has 19 heavy (non-hydrogen) atoms. The molecule has 0 aliphatic carbocycles. The van der Waals surface area contributed by atoms with Crippen LogP contribution in [-0.4, -0.2) is 10.9 Å². The van der Waals surface area contributed by atoms with Crippen LogP contribution in [0.5, 0.6) is 0 Å². The van der Waals surface area contributed by atoms with Crippen LogP contribution in [0.4, 0.5) is 5.69 Å². The Morgan fingerprint density at radius 1 is 1.58 bits per heavy atom. The molecule has 0 saturated heterocycles. The Kier molecular flexibility index (Phi) is 4.77. The minimum absolute atomic E-state index is 0.165. The molecule has 2 aromatic rings. The molecule has 7 heteroatoms. The van der Waals surface area contributed by atoms with Crippen molar-refractivity contribution < 1.29 is 4.79 Å². The molecular weight excluding hydrogens is 397 g/mol. The quantitative estimate of drug-likeness (QED) is 0.763. The molecule has 0 bridgehead atoms. The maximum absolute atomic E-state index is 12.0. The highest BCUT2D eigenvalue weighted by Crippen LogP contribution is 2.23. The molecule has 1 atom stereocenters. The topological polar surface area (TPSA) is 68.0 Å². The lowest BCUT2D eigenvalue weighted by atomic mass is 10.3. The van der Waals surface area contributed by atoms with Gasteiger partial charge >= 0.3 is 0 Å². The van der Waals surface area contributed by atoms with Gasteiger partial charge in [0.2, 0.25) is 0 Å². The van der Waals surface area contributed by atoms with Crippen molar-refractivity contribution in [3.8, 4) is 0 Å². The highest BCUT2D eigenvalue weighted by Gasteiger charge is 2.14. The highest BCUT2D eigenvalue weighted by atomic mass is 127. The van der Waals surface area contributed by atoms with E-state index < -0.39 is 0 Å². The van der Waals surface area contributed by atoms with E-state index in [2.05, 4.69) is 32.9 Å². The fourth-order valence-electron chi connectivity index (χ4n) is 1.38. The fourth-order valence-corrected chi connectivity index (χ4v) is 3.14. The number of aromatic nitrogens is 1. The number of thiazole rings is 1. The third kappa shape index (κ3) is 3.65. The number of carbonyl (C=O) groups is 1. The Balaban J connectivity index is 2.16. The normalized spacial score (nSPS) is 12.2. The molecule has 0 saturated carbocycles. The maximum Gasteiger partial charge on any atom is 0.275 e. The molecule has 0 fully saturated rings. The van der Waals surface area contributed by atoms with Gasteiger partial charge in [-0.2, -0.15) is 0 Å². The SMILES string of the molecule is CC(N)c1nc(C(=O)Nc2ccc(Cl)cc2I)cs1. The van der Waals surface area contributed by atoms with E-state index in [0.29, 0.717) is 16.4 Å². The minimum atomic E-state index is -0.247. The van der Waals surface area contributed by atoms with Gasteiger partial charge in [0, 0.05) is 14.0 Å². The van der Waals surface area contributed by atoms with Crippen molar-refractivity contribution in [3.05, 3.63) is 42.9 Å². The van der Waals surface area contributed by atoms with Crippen molar-refractivity contribution in [2.24, 2.45) is 5.73 Å². The van der Waals surface area contributed by atoms with Crippen LogP contribution in [0.3, 0.4) is 0 Å². The van der Waals surface area contributed by atoms with Gasteiger partial charge in [0.1, 0.15) is 10.7 Å². The Morgan fingerprint density at radius 3 is 2.89 bits per heavy atom. The maximum atomic E-state index is 12.0. The van der Waals surface area contributed by atoms with Crippen LogP contribution in [0.25, 0.3) is 0 Å². The van der Waals surface area contributed by atoms with E-state index in [1.165, 1.54) is 11.3 Å². The van der Waals surface area contributed by atoms with Crippen LogP contribution in [0.1, 0.15) is 28.5 Å². The molecule has 0 radical (unpaired) electrons. The molecule has 4 nitrogen and oxygen atoms in total. The number of nitrogens with one attached hydrogen (secondary N) is 1. The lowest BCUT2D eigenvalue weighted by molar-refractivity contribution is 0.102. The van der Waals surface area contributed by atoms with Crippen LogP contribution in [0.15, 0.2) is 23.6 Å². The second kappa shape index (κ2) is 6.17. The van der Waals surface area contributed by atoms with E-state index in [4.69, 9.17) is 17.3 Å². The first-order valence-corrected chi connectivity index (χ1v) is 7.78. The summed E-state index contributed by atoms with van der Waals surface area (Å²) in [4.78, 5) is 16.2. The predicted octanol–water partition coefficient (Wildman–Crippen LogP) is 3.67. The van der Waals surface area contributed by atoms with E-state index in [1.807, 2.05) is 6.92 Å². The number of halogens is 2. The number of amides is 1. The third-order valence-corrected chi connectivity index (χ3v) is 4.50. The van der Waals surface area contributed by atoms with Crippen molar-refractivity contribution in [3.63, 3.8) is 0 Å². The van der Waals surface area contributed by atoms with Gasteiger partial charge in [0.15, 0.2) is 0 Å². The average Bonchev–Trinajstić information content (AvgIpc) is 2.82. The van der Waals surface area contributed by atoms with Crippen LogP contribution in [0, 0.1) is 3.57 Å². The second-order valence-corrected chi connectivity index (χ2v) is 6.43. The number of benzene rings is 1. The van der Waals surface area contributed by atoms with E-state index in [1.54, 1.807) is 23.6 Å². The summed E-state index contributed by atoms with van der Waals surface area (Å²) in [6.45, 7) is 1.84. The van der Waals surface area contributed by atoms with Crippen LogP contribution in [0.2, 0.25) is 5.02 Å². The lowest BCUT2D eigenvalue weighted by Crippen LogP contribution is -2.14. The van der Waals surface area contributed by atoms with Crippen LogP contribution in [-0.2, 0) is 0 Å². The molecular formula is C12H11ClIN3OS. The smallest absolute Gasteiger partial charge is 0.275 e. The van der Waals surface area contributed by atoms with Gasteiger partial charge in [0.05, 0.1) is 11.7 Å². The number of hydrogen-bond acceptors (Lipinski definition) is 4. The van der Waals surface area contributed by atoms with Crippen molar-refractivity contribution in [2.75, 3.05) is 5.32 Å². The first-order valence-electron chi connectivity index (χ1n) is 5.45. The molecule has 2 rings (SSSR count). The summed E-state index contributed by atoms with van der Waals surface area (Å²) < 4.78 is 0.876. The third-order valence-electron chi connectivity index (χ3n) is 2.32. The van der Waals surface area contributed by atoms with E-state index in [0.717, 1.165) is 8.58 Å².